The molecule has 0 aliphatic carbocycles. The van der Waals surface area contributed by atoms with Crippen molar-refractivity contribution >= 4 is 17.3 Å². The fourth-order valence-electron chi connectivity index (χ4n) is 1.89. The van der Waals surface area contributed by atoms with Crippen LogP contribution in [0.3, 0.4) is 0 Å². The zero-order valence-corrected chi connectivity index (χ0v) is 12.5. The summed E-state index contributed by atoms with van der Waals surface area (Å²) in [6.45, 7) is -0.154. The minimum absolute atomic E-state index is 0.154. The molecule has 0 heterocycles. The van der Waals surface area contributed by atoms with Crippen LogP contribution in [0.1, 0.15) is 0 Å². The first-order chi connectivity index (χ1) is 10.6. The van der Waals surface area contributed by atoms with Crippen LogP contribution < -0.4 is 25.3 Å². The Bertz CT molecular complexity index is 658. The van der Waals surface area contributed by atoms with Crippen molar-refractivity contribution in [2.45, 2.75) is 0 Å². The molecule has 0 bridgehead atoms. The first-order valence-electron chi connectivity index (χ1n) is 6.63. The van der Waals surface area contributed by atoms with E-state index in [1.807, 2.05) is 6.07 Å². The third-order valence-corrected chi connectivity index (χ3v) is 2.93. The van der Waals surface area contributed by atoms with Gasteiger partial charge in [0.05, 0.1) is 19.9 Å². The maximum absolute atomic E-state index is 12.0. The standard InChI is InChI=1S/C16H18N2O4/c1-20-13-8-7-11(17)9-12(13)18-16(19)10-22-15-6-4-3-5-14(15)21-2/h3-9H,10,17H2,1-2H3,(H,18,19). The first-order valence-corrected chi connectivity index (χ1v) is 6.63. The van der Waals surface area contributed by atoms with Gasteiger partial charge in [0.15, 0.2) is 18.1 Å². The predicted molar refractivity (Wildman–Crippen MR) is 84.5 cm³/mol. The smallest absolute Gasteiger partial charge is 0.262 e. The van der Waals surface area contributed by atoms with Crippen molar-refractivity contribution in [2.24, 2.45) is 0 Å². The van der Waals surface area contributed by atoms with E-state index in [1.54, 1.807) is 43.5 Å². The SMILES string of the molecule is COc1ccc(N)cc1NC(=O)COc1ccccc1OC. The highest BCUT2D eigenvalue weighted by Crippen LogP contribution is 2.27. The molecule has 6 heteroatoms. The highest BCUT2D eigenvalue weighted by atomic mass is 16.5. The van der Waals surface area contributed by atoms with Crippen LogP contribution in [0.25, 0.3) is 0 Å². The topological polar surface area (TPSA) is 82.8 Å². The summed E-state index contributed by atoms with van der Waals surface area (Å²) in [4.78, 5) is 12.0. The minimum Gasteiger partial charge on any atom is -0.495 e. The van der Waals surface area contributed by atoms with Crippen LogP contribution in [-0.4, -0.2) is 26.7 Å². The van der Waals surface area contributed by atoms with Gasteiger partial charge in [-0.15, -0.1) is 0 Å². The van der Waals surface area contributed by atoms with Gasteiger partial charge in [-0.05, 0) is 30.3 Å². The molecule has 0 fully saturated rings. The summed E-state index contributed by atoms with van der Waals surface area (Å²) in [5.41, 5.74) is 6.73. The van der Waals surface area contributed by atoms with Gasteiger partial charge in [0.1, 0.15) is 5.75 Å². The molecule has 6 nitrogen and oxygen atoms in total. The molecule has 0 saturated heterocycles. The third-order valence-electron chi connectivity index (χ3n) is 2.93. The molecule has 2 aromatic carbocycles. The fraction of sp³-hybridized carbons (Fsp3) is 0.188. The lowest BCUT2D eigenvalue weighted by Crippen LogP contribution is -2.20. The molecule has 0 radical (unpaired) electrons. The number of benzene rings is 2. The molecule has 0 atom stereocenters. The number of methoxy groups -OCH3 is 2. The van der Waals surface area contributed by atoms with E-state index in [1.165, 1.54) is 7.11 Å². The van der Waals surface area contributed by atoms with Crippen LogP contribution in [0.5, 0.6) is 17.2 Å². The summed E-state index contributed by atoms with van der Waals surface area (Å²) in [7, 11) is 3.06. The van der Waals surface area contributed by atoms with Crippen molar-refractivity contribution in [3.8, 4) is 17.2 Å². The molecule has 0 aliphatic rings. The molecule has 0 aliphatic heterocycles. The lowest BCUT2D eigenvalue weighted by Gasteiger charge is -2.12. The van der Waals surface area contributed by atoms with Gasteiger partial charge in [0.25, 0.3) is 5.91 Å². The van der Waals surface area contributed by atoms with Crippen molar-refractivity contribution in [1.29, 1.82) is 0 Å². The van der Waals surface area contributed by atoms with Crippen LogP contribution in [0.15, 0.2) is 42.5 Å². The summed E-state index contributed by atoms with van der Waals surface area (Å²) in [6.07, 6.45) is 0. The zero-order chi connectivity index (χ0) is 15.9. The predicted octanol–water partition coefficient (Wildman–Crippen LogP) is 2.30. The Morgan fingerprint density at radius 2 is 1.73 bits per heavy atom. The van der Waals surface area contributed by atoms with E-state index in [-0.39, 0.29) is 12.5 Å². The molecule has 2 rings (SSSR count). The van der Waals surface area contributed by atoms with E-state index < -0.39 is 0 Å². The summed E-state index contributed by atoms with van der Waals surface area (Å²) < 4.78 is 15.8. The number of nitrogens with two attached hydrogens (primary N) is 1. The normalized spacial score (nSPS) is 9.91. The van der Waals surface area contributed by atoms with Gasteiger partial charge in [-0.1, -0.05) is 12.1 Å². The van der Waals surface area contributed by atoms with Crippen molar-refractivity contribution in [3.05, 3.63) is 42.5 Å². The number of carbonyl (C=O) groups is 1. The number of para-hydroxylation sites is 2. The molecule has 0 spiro atoms. The van der Waals surface area contributed by atoms with Gasteiger partial charge in [0.2, 0.25) is 0 Å². The van der Waals surface area contributed by atoms with Gasteiger partial charge in [-0.3, -0.25) is 4.79 Å². The zero-order valence-electron chi connectivity index (χ0n) is 12.5. The van der Waals surface area contributed by atoms with Gasteiger partial charge in [0, 0.05) is 5.69 Å². The Hall–Kier alpha value is -2.89. The van der Waals surface area contributed by atoms with Crippen LogP contribution in [0.2, 0.25) is 0 Å². The summed E-state index contributed by atoms with van der Waals surface area (Å²) in [5.74, 6) is 1.27. The Morgan fingerprint density at radius 1 is 1.05 bits per heavy atom. The van der Waals surface area contributed by atoms with Crippen LogP contribution in [-0.2, 0) is 4.79 Å². The molecule has 0 unspecified atom stereocenters. The molecule has 22 heavy (non-hydrogen) atoms. The monoisotopic (exact) mass is 302 g/mol. The molecule has 0 aromatic heterocycles. The van der Waals surface area contributed by atoms with E-state index in [2.05, 4.69) is 5.32 Å². The Morgan fingerprint density at radius 3 is 2.41 bits per heavy atom. The average Bonchev–Trinajstić information content (AvgIpc) is 2.53. The second kappa shape index (κ2) is 7.21. The average molecular weight is 302 g/mol. The van der Waals surface area contributed by atoms with Gasteiger partial charge in [-0.25, -0.2) is 0 Å². The Balaban J connectivity index is 2.00. The molecular weight excluding hydrogens is 284 g/mol. The number of hydrogen-bond acceptors (Lipinski definition) is 5. The second-order valence-corrected chi connectivity index (χ2v) is 4.45. The number of hydrogen-bond donors (Lipinski definition) is 2. The van der Waals surface area contributed by atoms with E-state index >= 15 is 0 Å². The highest BCUT2D eigenvalue weighted by molar-refractivity contribution is 5.94. The maximum Gasteiger partial charge on any atom is 0.262 e. The van der Waals surface area contributed by atoms with Crippen molar-refractivity contribution in [2.75, 3.05) is 31.9 Å². The van der Waals surface area contributed by atoms with E-state index in [9.17, 15) is 4.79 Å². The van der Waals surface area contributed by atoms with Gasteiger partial charge < -0.3 is 25.3 Å². The third kappa shape index (κ3) is 3.82. The molecule has 1 amide bonds. The Kier molecular flexibility index (Phi) is 5.08. The number of amides is 1. The van der Waals surface area contributed by atoms with Crippen LogP contribution >= 0.6 is 0 Å². The molecule has 3 N–H and O–H groups in total. The van der Waals surface area contributed by atoms with Gasteiger partial charge in [-0.2, -0.15) is 0 Å². The lowest BCUT2D eigenvalue weighted by molar-refractivity contribution is -0.118. The van der Waals surface area contributed by atoms with Gasteiger partial charge >= 0.3 is 0 Å². The number of anilines is 2. The lowest BCUT2D eigenvalue weighted by atomic mass is 10.2. The Labute approximate surface area is 128 Å². The summed E-state index contributed by atoms with van der Waals surface area (Å²) in [5, 5.41) is 2.70. The number of carbonyl (C=O) groups excluding carboxylic acids is 1. The number of nitrogens with one attached hydrogen (secondary N) is 1. The van der Waals surface area contributed by atoms with Crippen molar-refractivity contribution < 1.29 is 19.0 Å². The van der Waals surface area contributed by atoms with E-state index in [4.69, 9.17) is 19.9 Å². The van der Waals surface area contributed by atoms with Crippen LogP contribution in [0, 0.1) is 0 Å². The maximum atomic E-state index is 12.0. The first kappa shape index (κ1) is 15.5. The molecule has 2 aromatic rings. The number of rotatable bonds is 6. The number of nitrogen functional groups attached to an aromatic ring is 1. The van der Waals surface area contributed by atoms with Crippen molar-refractivity contribution in [1.82, 2.24) is 0 Å². The largest absolute Gasteiger partial charge is 0.495 e. The second-order valence-electron chi connectivity index (χ2n) is 4.45. The quantitative estimate of drug-likeness (QED) is 0.800. The molecule has 116 valence electrons. The van der Waals surface area contributed by atoms with E-state index in [0.29, 0.717) is 28.6 Å². The van der Waals surface area contributed by atoms with E-state index in [0.717, 1.165) is 0 Å². The fourth-order valence-corrected chi connectivity index (χ4v) is 1.89. The summed E-state index contributed by atoms with van der Waals surface area (Å²) in [6, 6.07) is 12.1. The number of ether oxygens (including phenoxy) is 3. The minimum atomic E-state index is -0.324. The highest BCUT2D eigenvalue weighted by Gasteiger charge is 2.10. The molecule has 0 saturated carbocycles. The summed E-state index contributed by atoms with van der Waals surface area (Å²) >= 11 is 0. The van der Waals surface area contributed by atoms with Crippen molar-refractivity contribution in [3.63, 3.8) is 0 Å². The molecular formula is C16H18N2O4. The van der Waals surface area contributed by atoms with Crippen LogP contribution in [0.4, 0.5) is 11.4 Å².